The first kappa shape index (κ1) is 12.3. The van der Waals surface area contributed by atoms with Crippen molar-refractivity contribution >= 4 is 5.69 Å². The number of aromatic nitrogens is 3. The largest absolute Gasteiger partial charge is 0.373 e. The minimum Gasteiger partial charge on any atom is -0.373 e. The number of pyridine rings is 1. The van der Waals surface area contributed by atoms with Gasteiger partial charge >= 0.3 is 0 Å². The molecule has 2 aromatic heterocycles. The van der Waals surface area contributed by atoms with E-state index in [1.165, 1.54) is 12.4 Å². The Morgan fingerprint density at radius 3 is 2.28 bits per heavy atom. The molecule has 0 aromatic carbocycles. The number of H-pyrrole nitrogens is 1. The van der Waals surface area contributed by atoms with Crippen molar-refractivity contribution in [3.05, 3.63) is 41.5 Å². The van der Waals surface area contributed by atoms with E-state index in [4.69, 9.17) is 0 Å². The molecule has 0 saturated heterocycles. The summed E-state index contributed by atoms with van der Waals surface area (Å²) in [7, 11) is 0. The molecule has 8 heteroatoms. The van der Waals surface area contributed by atoms with Gasteiger partial charge < -0.3 is 5.32 Å². The van der Waals surface area contributed by atoms with Gasteiger partial charge in [0.15, 0.2) is 0 Å². The van der Waals surface area contributed by atoms with Crippen LogP contribution in [0.4, 0.5) is 23.2 Å². The van der Waals surface area contributed by atoms with E-state index in [0.29, 0.717) is 5.56 Å². The molecular formula is C10H8F4N4. The Balaban J connectivity index is 2.34. The molecule has 18 heavy (non-hydrogen) atoms. The molecule has 0 bridgehead atoms. The number of anilines is 1. The van der Waals surface area contributed by atoms with E-state index < -0.39 is 35.3 Å². The van der Waals surface area contributed by atoms with E-state index in [0.717, 1.165) is 0 Å². The van der Waals surface area contributed by atoms with Gasteiger partial charge in [0.2, 0.25) is 11.6 Å². The van der Waals surface area contributed by atoms with E-state index >= 15 is 0 Å². The van der Waals surface area contributed by atoms with Gasteiger partial charge in [0.25, 0.3) is 11.9 Å². The SMILES string of the molecule is CC(Nc1c(F)c(F)nc(F)c1F)c1cn[nH]c1. The van der Waals surface area contributed by atoms with Crippen LogP contribution in [0.15, 0.2) is 12.4 Å². The van der Waals surface area contributed by atoms with Gasteiger partial charge in [-0.2, -0.15) is 27.6 Å². The molecule has 0 aliphatic heterocycles. The van der Waals surface area contributed by atoms with Gasteiger partial charge in [-0.15, -0.1) is 0 Å². The number of hydrogen-bond acceptors (Lipinski definition) is 3. The Labute approximate surface area is 99.0 Å². The Bertz CT molecular complexity index is 529. The average molecular weight is 260 g/mol. The predicted molar refractivity (Wildman–Crippen MR) is 54.7 cm³/mol. The molecule has 0 spiro atoms. The summed E-state index contributed by atoms with van der Waals surface area (Å²) in [5.41, 5.74) is -0.319. The van der Waals surface area contributed by atoms with Gasteiger partial charge in [-0.25, -0.2) is 0 Å². The van der Waals surface area contributed by atoms with Crippen LogP contribution in [0.5, 0.6) is 0 Å². The molecule has 0 fully saturated rings. The van der Waals surface area contributed by atoms with Crippen LogP contribution in [0.1, 0.15) is 18.5 Å². The first-order valence-corrected chi connectivity index (χ1v) is 4.96. The lowest BCUT2D eigenvalue weighted by Crippen LogP contribution is -2.12. The van der Waals surface area contributed by atoms with Gasteiger partial charge in [-0.05, 0) is 6.92 Å². The Morgan fingerprint density at radius 2 is 1.78 bits per heavy atom. The lowest BCUT2D eigenvalue weighted by atomic mass is 10.2. The summed E-state index contributed by atoms with van der Waals surface area (Å²) in [5, 5.41) is 8.49. The van der Waals surface area contributed by atoms with E-state index in [-0.39, 0.29) is 0 Å². The van der Waals surface area contributed by atoms with Gasteiger partial charge in [-0.1, -0.05) is 0 Å². The molecule has 2 heterocycles. The van der Waals surface area contributed by atoms with E-state index in [2.05, 4.69) is 20.5 Å². The lowest BCUT2D eigenvalue weighted by molar-refractivity contribution is 0.410. The predicted octanol–water partition coefficient (Wildman–Crippen LogP) is 2.53. The molecule has 0 aliphatic rings. The van der Waals surface area contributed by atoms with Gasteiger partial charge in [0, 0.05) is 11.8 Å². The lowest BCUT2D eigenvalue weighted by Gasteiger charge is -2.15. The van der Waals surface area contributed by atoms with Crippen molar-refractivity contribution in [3.63, 3.8) is 0 Å². The molecule has 2 rings (SSSR count). The topological polar surface area (TPSA) is 53.6 Å². The fourth-order valence-corrected chi connectivity index (χ4v) is 1.41. The van der Waals surface area contributed by atoms with Crippen LogP contribution in [0.3, 0.4) is 0 Å². The first-order chi connectivity index (χ1) is 8.50. The van der Waals surface area contributed by atoms with Crippen LogP contribution in [-0.4, -0.2) is 15.2 Å². The molecule has 0 amide bonds. The van der Waals surface area contributed by atoms with Crippen LogP contribution in [0.25, 0.3) is 0 Å². The summed E-state index contributed by atoms with van der Waals surface area (Å²) in [6.07, 6.45) is 2.91. The third-order valence-electron chi connectivity index (χ3n) is 2.38. The molecule has 4 nitrogen and oxygen atoms in total. The Morgan fingerprint density at radius 1 is 1.17 bits per heavy atom. The summed E-state index contributed by atoms with van der Waals surface area (Å²) in [6, 6.07) is -0.589. The van der Waals surface area contributed by atoms with Crippen LogP contribution in [-0.2, 0) is 0 Å². The quantitative estimate of drug-likeness (QED) is 0.658. The Kier molecular flexibility index (Phi) is 3.17. The summed E-state index contributed by atoms with van der Waals surface area (Å²) < 4.78 is 52.4. The zero-order chi connectivity index (χ0) is 13.3. The summed E-state index contributed by atoms with van der Waals surface area (Å²) in [6.45, 7) is 1.56. The molecule has 96 valence electrons. The summed E-state index contributed by atoms with van der Waals surface area (Å²) >= 11 is 0. The van der Waals surface area contributed by atoms with Crippen molar-refractivity contribution in [1.29, 1.82) is 0 Å². The zero-order valence-electron chi connectivity index (χ0n) is 9.14. The number of hydrogen-bond donors (Lipinski definition) is 2. The van der Waals surface area contributed by atoms with Crippen LogP contribution >= 0.6 is 0 Å². The van der Waals surface area contributed by atoms with E-state index in [1.807, 2.05) is 0 Å². The second kappa shape index (κ2) is 4.63. The van der Waals surface area contributed by atoms with Crippen molar-refractivity contribution < 1.29 is 17.6 Å². The number of aromatic amines is 1. The zero-order valence-corrected chi connectivity index (χ0v) is 9.14. The molecule has 0 saturated carbocycles. The molecule has 2 N–H and O–H groups in total. The number of rotatable bonds is 3. The summed E-state index contributed by atoms with van der Waals surface area (Å²) in [4.78, 5) is 2.46. The van der Waals surface area contributed by atoms with E-state index in [1.54, 1.807) is 6.92 Å². The molecule has 1 atom stereocenters. The maximum atomic E-state index is 13.3. The molecule has 0 aliphatic carbocycles. The second-order valence-corrected chi connectivity index (χ2v) is 3.59. The highest BCUT2D eigenvalue weighted by atomic mass is 19.2. The average Bonchev–Trinajstić information content (AvgIpc) is 2.85. The van der Waals surface area contributed by atoms with Crippen molar-refractivity contribution in [2.45, 2.75) is 13.0 Å². The molecule has 0 radical (unpaired) electrons. The van der Waals surface area contributed by atoms with Crippen molar-refractivity contribution in [3.8, 4) is 0 Å². The van der Waals surface area contributed by atoms with Crippen molar-refractivity contribution in [2.75, 3.05) is 5.32 Å². The molecule has 2 aromatic rings. The normalized spacial score (nSPS) is 12.5. The van der Waals surface area contributed by atoms with E-state index in [9.17, 15) is 17.6 Å². The number of nitrogens with zero attached hydrogens (tertiary/aromatic N) is 2. The fraction of sp³-hybridized carbons (Fsp3) is 0.200. The minimum atomic E-state index is -1.70. The van der Waals surface area contributed by atoms with Gasteiger partial charge in [0.05, 0.1) is 12.2 Å². The first-order valence-electron chi connectivity index (χ1n) is 4.96. The number of halogens is 4. The monoisotopic (exact) mass is 260 g/mol. The smallest absolute Gasteiger partial charge is 0.253 e. The van der Waals surface area contributed by atoms with Crippen molar-refractivity contribution in [1.82, 2.24) is 15.2 Å². The highest BCUT2D eigenvalue weighted by Crippen LogP contribution is 2.26. The maximum absolute atomic E-state index is 13.3. The highest BCUT2D eigenvalue weighted by molar-refractivity contribution is 5.47. The van der Waals surface area contributed by atoms with Crippen LogP contribution in [0, 0.1) is 23.5 Å². The molecular weight excluding hydrogens is 252 g/mol. The third-order valence-corrected chi connectivity index (χ3v) is 2.38. The van der Waals surface area contributed by atoms with Crippen LogP contribution < -0.4 is 5.32 Å². The fourth-order valence-electron chi connectivity index (χ4n) is 1.41. The standard InChI is InChI=1S/C10H8F4N4/c1-4(5-2-15-16-3-5)17-8-6(11)9(13)18-10(14)7(8)12/h2-4H,1H3,(H,15,16)(H,17,18). The maximum Gasteiger partial charge on any atom is 0.253 e. The molecule has 1 unspecified atom stereocenters. The Hall–Kier alpha value is -2.12. The van der Waals surface area contributed by atoms with Crippen molar-refractivity contribution in [2.24, 2.45) is 0 Å². The third kappa shape index (κ3) is 2.13. The second-order valence-electron chi connectivity index (χ2n) is 3.59. The van der Waals surface area contributed by atoms with Gasteiger partial charge in [0.1, 0.15) is 5.69 Å². The van der Waals surface area contributed by atoms with Crippen LogP contribution in [0.2, 0.25) is 0 Å². The summed E-state index contributed by atoms with van der Waals surface area (Å²) in [5.74, 6) is -6.53. The van der Waals surface area contributed by atoms with Gasteiger partial charge in [-0.3, -0.25) is 5.10 Å². The minimum absolute atomic E-state index is 0.575. The number of nitrogens with one attached hydrogen (secondary N) is 2. The highest BCUT2D eigenvalue weighted by Gasteiger charge is 2.22.